The minimum atomic E-state index is -0.966. The summed E-state index contributed by atoms with van der Waals surface area (Å²) in [6, 6.07) is 7.67. The van der Waals surface area contributed by atoms with E-state index in [4.69, 9.17) is 0 Å². The number of halogens is 2. The lowest BCUT2D eigenvalue weighted by atomic mass is 10.2. The van der Waals surface area contributed by atoms with Gasteiger partial charge in [-0.25, -0.2) is 8.78 Å². The van der Waals surface area contributed by atoms with Gasteiger partial charge in [0, 0.05) is 12.4 Å². The van der Waals surface area contributed by atoms with Crippen LogP contribution in [0.5, 0.6) is 0 Å². The Hall–Kier alpha value is -3.00. The summed E-state index contributed by atoms with van der Waals surface area (Å²) in [5, 5.41) is 12.9. The first-order valence-corrected chi connectivity index (χ1v) is 7.79. The summed E-state index contributed by atoms with van der Waals surface area (Å²) in [6.45, 7) is 0. The van der Waals surface area contributed by atoms with Crippen LogP contribution in [0.25, 0.3) is 28.5 Å². The van der Waals surface area contributed by atoms with Crippen LogP contribution >= 0.6 is 11.3 Å². The predicted molar refractivity (Wildman–Crippen MR) is 87.2 cm³/mol. The molecule has 0 fully saturated rings. The molecule has 1 aromatic carbocycles. The van der Waals surface area contributed by atoms with Crippen molar-refractivity contribution in [2.24, 2.45) is 0 Å². The van der Waals surface area contributed by atoms with Gasteiger partial charge in [-0.1, -0.05) is 29.5 Å². The molecule has 0 spiro atoms. The molecule has 8 heteroatoms. The summed E-state index contributed by atoms with van der Waals surface area (Å²) < 4.78 is 28.8. The Morgan fingerprint density at radius 3 is 2.79 bits per heavy atom. The molecule has 0 saturated heterocycles. The lowest BCUT2D eigenvalue weighted by molar-refractivity contribution is 0.510. The van der Waals surface area contributed by atoms with E-state index in [-0.39, 0.29) is 11.4 Å². The fourth-order valence-corrected chi connectivity index (χ4v) is 2.93. The fourth-order valence-electron chi connectivity index (χ4n) is 2.19. The maximum Gasteiger partial charge on any atom is 0.235 e. The van der Waals surface area contributed by atoms with Gasteiger partial charge < -0.3 is 0 Å². The second kappa shape index (κ2) is 5.89. The summed E-state index contributed by atoms with van der Waals surface area (Å²) in [5.74, 6) is -1.73. The zero-order chi connectivity index (χ0) is 16.5. The molecule has 5 nitrogen and oxygen atoms in total. The second-order valence-electron chi connectivity index (χ2n) is 4.88. The first-order chi connectivity index (χ1) is 11.7. The Bertz CT molecular complexity index is 1040. The molecular weight excluding hydrogens is 332 g/mol. The number of rotatable bonds is 3. The standard InChI is InChI=1S/C16H9F2N5S/c17-12-5-1-4-11(14(12)18)15-20-21-16-23(15)22-13(24-16)7-6-10-3-2-8-19-9-10/h1-9H. The van der Waals surface area contributed by atoms with Gasteiger partial charge in [-0.2, -0.15) is 9.61 Å². The highest BCUT2D eigenvalue weighted by atomic mass is 32.1. The van der Waals surface area contributed by atoms with E-state index >= 15 is 0 Å². The van der Waals surface area contributed by atoms with Gasteiger partial charge in [0.2, 0.25) is 4.96 Å². The minimum absolute atomic E-state index is 0.0237. The zero-order valence-corrected chi connectivity index (χ0v) is 12.9. The van der Waals surface area contributed by atoms with E-state index in [9.17, 15) is 8.78 Å². The molecule has 0 unspecified atom stereocenters. The summed E-state index contributed by atoms with van der Waals surface area (Å²) >= 11 is 1.30. The number of hydrogen-bond donors (Lipinski definition) is 0. The van der Waals surface area contributed by atoms with Gasteiger partial charge >= 0.3 is 0 Å². The van der Waals surface area contributed by atoms with Crippen molar-refractivity contribution < 1.29 is 8.78 Å². The van der Waals surface area contributed by atoms with Crippen molar-refractivity contribution in [3.8, 4) is 11.4 Å². The van der Waals surface area contributed by atoms with Gasteiger partial charge in [0.15, 0.2) is 17.5 Å². The average molecular weight is 341 g/mol. The molecule has 0 aliphatic heterocycles. The first kappa shape index (κ1) is 14.6. The van der Waals surface area contributed by atoms with Crippen LogP contribution in [-0.2, 0) is 0 Å². The van der Waals surface area contributed by atoms with Gasteiger partial charge in [-0.3, -0.25) is 4.98 Å². The zero-order valence-electron chi connectivity index (χ0n) is 12.1. The smallest absolute Gasteiger partial charge is 0.235 e. The topological polar surface area (TPSA) is 56.0 Å². The quantitative estimate of drug-likeness (QED) is 0.570. The van der Waals surface area contributed by atoms with E-state index in [1.165, 1.54) is 28.0 Å². The summed E-state index contributed by atoms with van der Waals surface area (Å²) in [7, 11) is 0. The van der Waals surface area contributed by atoms with Crippen molar-refractivity contribution in [2.75, 3.05) is 0 Å². The normalized spacial score (nSPS) is 11.6. The maximum atomic E-state index is 14.0. The molecule has 3 heterocycles. The highest BCUT2D eigenvalue weighted by molar-refractivity contribution is 7.17. The van der Waals surface area contributed by atoms with Gasteiger partial charge in [0.1, 0.15) is 5.01 Å². The van der Waals surface area contributed by atoms with Crippen LogP contribution < -0.4 is 0 Å². The number of pyridine rings is 1. The van der Waals surface area contributed by atoms with E-state index in [1.54, 1.807) is 12.4 Å². The van der Waals surface area contributed by atoms with Crippen LogP contribution in [0.15, 0.2) is 42.7 Å². The number of nitrogens with zero attached hydrogens (tertiary/aromatic N) is 5. The monoisotopic (exact) mass is 341 g/mol. The number of hydrogen-bond acceptors (Lipinski definition) is 5. The van der Waals surface area contributed by atoms with Crippen molar-refractivity contribution in [1.29, 1.82) is 0 Å². The van der Waals surface area contributed by atoms with Gasteiger partial charge in [-0.05, 0) is 29.8 Å². The Morgan fingerprint density at radius 1 is 1.04 bits per heavy atom. The molecule has 0 aliphatic carbocycles. The summed E-state index contributed by atoms with van der Waals surface area (Å²) in [4.78, 5) is 4.53. The van der Waals surface area contributed by atoms with E-state index in [1.807, 2.05) is 24.3 Å². The average Bonchev–Trinajstić information content (AvgIpc) is 3.17. The predicted octanol–water partition coefficient (Wildman–Crippen LogP) is 3.70. The van der Waals surface area contributed by atoms with E-state index in [0.29, 0.717) is 9.97 Å². The van der Waals surface area contributed by atoms with Crippen LogP contribution in [0.4, 0.5) is 8.78 Å². The highest BCUT2D eigenvalue weighted by Gasteiger charge is 2.17. The molecule has 0 saturated carbocycles. The van der Waals surface area contributed by atoms with Crippen LogP contribution in [0, 0.1) is 11.6 Å². The van der Waals surface area contributed by atoms with Crippen molar-refractivity contribution in [3.63, 3.8) is 0 Å². The Kier molecular flexibility index (Phi) is 3.58. The van der Waals surface area contributed by atoms with Gasteiger partial charge in [0.25, 0.3) is 0 Å². The lowest BCUT2D eigenvalue weighted by Gasteiger charge is -1.99. The second-order valence-corrected chi connectivity index (χ2v) is 5.87. The van der Waals surface area contributed by atoms with E-state index in [0.717, 1.165) is 11.6 Å². The third kappa shape index (κ3) is 2.56. The lowest BCUT2D eigenvalue weighted by Crippen LogP contribution is -1.95. The van der Waals surface area contributed by atoms with E-state index in [2.05, 4.69) is 20.3 Å². The molecular formula is C16H9F2N5S. The van der Waals surface area contributed by atoms with Crippen molar-refractivity contribution in [2.45, 2.75) is 0 Å². The van der Waals surface area contributed by atoms with Crippen LogP contribution in [0.3, 0.4) is 0 Å². The van der Waals surface area contributed by atoms with Crippen molar-refractivity contribution in [1.82, 2.24) is 24.8 Å². The SMILES string of the molecule is Fc1cccc(-c2nnc3sc(C=Cc4cccnc4)nn23)c1F. The molecule has 0 radical (unpaired) electrons. The van der Waals surface area contributed by atoms with Crippen molar-refractivity contribution in [3.05, 3.63) is 64.9 Å². The molecule has 0 amide bonds. The van der Waals surface area contributed by atoms with E-state index < -0.39 is 11.6 Å². The Balaban J connectivity index is 1.74. The molecule has 4 rings (SSSR count). The third-order valence-electron chi connectivity index (χ3n) is 3.30. The van der Waals surface area contributed by atoms with Crippen LogP contribution in [0.2, 0.25) is 0 Å². The fraction of sp³-hybridized carbons (Fsp3) is 0. The summed E-state index contributed by atoms with van der Waals surface area (Å²) in [5.41, 5.74) is 0.954. The first-order valence-electron chi connectivity index (χ1n) is 6.97. The molecule has 118 valence electrons. The number of fused-ring (bicyclic) bond motifs is 1. The summed E-state index contributed by atoms with van der Waals surface area (Å²) in [6.07, 6.45) is 7.09. The van der Waals surface area contributed by atoms with Crippen LogP contribution in [0.1, 0.15) is 10.6 Å². The minimum Gasteiger partial charge on any atom is -0.264 e. The number of benzene rings is 1. The maximum absolute atomic E-state index is 14.0. The molecule has 0 N–H and O–H groups in total. The molecule has 3 aromatic heterocycles. The molecule has 0 atom stereocenters. The third-order valence-corrected chi connectivity index (χ3v) is 4.17. The van der Waals surface area contributed by atoms with Crippen molar-refractivity contribution >= 4 is 28.4 Å². The molecule has 0 bridgehead atoms. The number of aromatic nitrogens is 5. The van der Waals surface area contributed by atoms with Gasteiger partial charge in [-0.15, -0.1) is 10.2 Å². The Morgan fingerprint density at radius 2 is 1.96 bits per heavy atom. The molecule has 0 aliphatic rings. The van der Waals surface area contributed by atoms with Crippen LogP contribution in [-0.4, -0.2) is 24.8 Å². The Labute approximate surface area is 138 Å². The van der Waals surface area contributed by atoms with Gasteiger partial charge in [0.05, 0.1) is 5.56 Å². The molecule has 4 aromatic rings. The highest BCUT2D eigenvalue weighted by Crippen LogP contribution is 2.25. The largest absolute Gasteiger partial charge is 0.264 e. The molecule has 24 heavy (non-hydrogen) atoms.